The van der Waals surface area contributed by atoms with E-state index in [9.17, 15) is 0 Å². The van der Waals surface area contributed by atoms with Crippen LogP contribution in [0.25, 0.3) is 0 Å². The lowest BCUT2D eigenvalue weighted by Gasteiger charge is -2.21. The number of anilines is 1. The van der Waals surface area contributed by atoms with E-state index in [-0.39, 0.29) is 0 Å². The molecule has 1 fully saturated rings. The zero-order valence-electron chi connectivity index (χ0n) is 7.57. The Balaban J connectivity index is 1.72. The standard InChI is InChI=1S/C8H14N4S/c1-2-4-7(5-3-1)6-9-8-10-11-12-13-8/h7H,1-6H2,(H,9,10,12). The number of nitrogens with zero attached hydrogens (tertiary/aromatic N) is 3. The van der Waals surface area contributed by atoms with E-state index in [1.807, 2.05) is 0 Å². The molecule has 1 saturated carbocycles. The Hall–Kier alpha value is -0.710. The summed E-state index contributed by atoms with van der Waals surface area (Å²) in [6.45, 7) is 1.04. The number of nitrogens with one attached hydrogen (secondary N) is 1. The van der Waals surface area contributed by atoms with E-state index >= 15 is 0 Å². The normalized spacial score (nSPS) is 18.8. The molecular weight excluding hydrogens is 184 g/mol. The molecule has 0 bridgehead atoms. The molecule has 1 aliphatic rings. The minimum absolute atomic E-state index is 0.831. The van der Waals surface area contributed by atoms with E-state index in [0.717, 1.165) is 17.6 Å². The molecule has 0 amide bonds. The zero-order valence-corrected chi connectivity index (χ0v) is 8.39. The molecule has 1 N–H and O–H groups in total. The first kappa shape index (κ1) is 8.87. The summed E-state index contributed by atoms with van der Waals surface area (Å²) in [7, 11) is 0. The van der Waals surface area contributed by atoms with Crippen molar-refractivity contribution in [3.8, 4) is 0 Å². The first-order valence-corrected chi connectivity index (χ1v) is 5.61. The van der Waals surface area contributed by atoms with Gasteiger partial charge in [-0.25, -0.2) is 0 Å². The van der Waals surface area contributed by atoms with E-state index in [0.29, 0.717) is 0 Å². The van der Waals surface area contributed by atoms with Gasteiger partial charge in [0.1, 0.15) is 0 Å². The fraction of sp³-hybridized carbons (Fsp3) is 0.875. The summed E-state index contributed by atoms with van der Waals surface area (Å²) in [5.41, 5.74) is 0. The molecule has 0 radical (unpaired) electrons. The van der Waals surface area contributed by atoms with Gasteiger partial charge in [0.25, 0.3) is 0 Å². The Morgan fingerprint density at radius 3 is 2.85 bits per heavy atom. The second kappa shape index (κ2) is 4.50. The van der Waals surface area contributed by atoms with Crippen molar-refractivity contribution in [3.05, 3.63) is 0 Å². The van der Waals surface area contributed by atoms with Crippen molar-refractivity contribution in [2.24, 2.45) is 5.92 Å². The average Bonchev–Trinajstić information content (AvgIpc) is 2.69. The van der Waals surface area contributed by atoms with Gasteiger partial charge in [-0.1, -0.05) is 28.8 Å². The number of rotatable bonds is 3. The van der Waals surface area contributed by atoms with Gasteiger partial charge in [-0.15, -0.1) is 0 Å². The van der Waals surface area contributed by atoms with Crippen LogP contribution in [0.4, 0.5) is 5.13 Å². The third kappa shape index (κ3) is 2.62. The maximum absolute atomic E-state index is 3.85. The highest BCUT2D eigenvalue weighted by Gasteiger charge is 2.13. The topological polar surface area (TPSA) is 50.7 Å². The van der Waals surface area contributed by atoms with Gasteiger partial charge in [0.2, 0.25) is 5.13 Å². The van der Waals surface area contributed by atoms with Crippen molar-refractivity contribution in [2.45, 2.75) is 32.1 Å². The second-order valence-electron chi connectivity index (χ2n) is 3.55. The fourth-order valence-electron chi connectivity index (χ4n) is 1.82. The van der Waals surface area contributed by atoms with E-state index < -0.39 is 0 Å². The molecule has 1 aromatic heterocycles. The molecule has 0 unspecified atom stereocenters. The summed E-state index contributed by atoms with van der Waals surface area (Å²) in [6, 6.07) is 0. The molecule has 72 valence electrons. The van der Waals surface area contributed by atoms with Gasteiger partial charge in [-0.3, -0.25) is 0 Å². The van der Waals surface area contributed by atoms with Crippen LogP contribution in [0, 0.1) is 5.92 Å². The molecule has 1 aromatic rings. The second-order valence-corrected chi connectivity index (χ2v) is 4.29. The van der Waals surface area contributed by atoms with Crippen molar-refractivity contribution in [2.75, 3.05) is 11.9 Å². The molecule has 5 heteroatoms. The Morgan fingerprint density at radius 1 is 1.31 bits per heavy atom. The van der Waals surface area contributed by atoms with Gasteiger partial charge in [-0.2, -0.15) is 0 Å². The Morgan fingerprint density at radius 2 is 2.15 bits per heavy atom. The molecule has 0 spiro atoms. The van der Waals surface area contributed by atoms with Gasteiger partial charge in [0.15, 0.2) is 0 Å². The number of hydrogen-bond acceptors (Lipinski definition) is 5. The van der Waals surface area contributed by atoms with Crippen molar-refractivity contribution in [3.63, 3.8) is 0 Å². The lowest BCUT2D eigenvalue weighted by molar-refractivity contribution is 0.373. The summed E-state index contributed by atoms with van der Waals surface area (Å²) in [5.74, 6) is 0.831. The Bertz CT molecular complexity index is 230. The average molecular weight is 198 g/mol. The van der Waals surface area contributed by atoms with E-state index in [1.54, 1.807) is 0 Å². The molecule has 13 heavy (non-hydrogen) atoms. The third-order valence-corrected chi connectivity index (χ3v) is 3.12. The predicted molar refractivity (Wildman–Crippen MR) is 52.8 cm³/mol. The quantitative estimate of drug-likeness (QED) is 0.806. The lowest BCUT2D eigenvalue weighted by atomic mass is 9.89. The summed E-state index contributed by atoms with van der Waals surface area (Å²) in [6.07, 6.45) is 6.91. The van der Waals surface area contributed by atoms with Crippen molar-refractivity contribution >= 4 is 16.7 Å². The van der Waals surface area contributed by atoms with Crippen LogP contribution in [0.3, 0.4) is 0 Å². The van der Waals surface area contributed by atoms with Crippen LogP contribution in [0.1, 0.15) is 32.1 Å². The highest BCUT2D eigenvalue weighted by atomic mass is 32.1. The first-order chi connectivity index (χ1) is 6.45. The molecule has 1 aliphatic carbocycles. The van der Waals surface area contributed by atoms with Crippen LogP contribution in [0.15, 0.2) is 0 Å². The third-order valence-electron chi connectivity index (χ3n) is 2.57. The van der Waals surface area contributed by atoms with Crippen LogP contribution in [-0.4, -0.2) is 21.3 Å². The SMILES string of the molecule is C1CCC(CNc2nnns2)CC1. The molecule has 2 rings (SSSR count). The van der Waals surface area contributed by atoms with Crippen molar-refractivity contribution in [1.82, 2.24) is 14.8 Å². The predicted octanol–water partition coefficient (Wildman–Crippen LogP) is 1.93. The highest BCUT2D eigenvalue weighted by molar-refractivity contribution is 7.09. The van der Waals surface area contributed by atoms with Crippen LogP contribution in [-0.2, 0) is 0 Å². The van der Waals surface area contributed by atoms with Gasteiger partial charge in [-0.05, 0) is 24.0 Å². The van der Waals surface area contributed by atoms with Crippen molar-refractivity contribution < 1.29 is 0 Å². The first-order valence-electron chi connectivity index (χ1n) is 4.84. The van der Waals surface area contributed by atoms with Crippen molar-refractivity contribution in [1.29, 1.82) is 0 Å². The number of hydrogen-bond donors (Lipinski definition) is 1. The smallest absolute Gasteiger partial charge is 0.225 e. The van der Waals surface area contributed by atoms with Gasteiger partial charge >= 0.3 is 0 Å². The van der Waals surface area contributed by atoms with E-state index in [4.69, 9.17) is 0 Å². The highest BCUT2D eigenvalue weighted by Crippen LogP contribution is 2.23. The maximum atomic E-state index is 3.85. The molecule has 0 saturated heterocycles. The monoisotopic (exact) mass is 198 g/mol. The Labute approximate surface area is 81.9 Å². The molecule has 1 heterocycles. The molecule has 0 atom stereocenters. The minimum Gasteiger partial charge on any atom is -0.359 e. The molecular formula is C8H14N4S. The van der Waals surface area contributed by atoms with E-state index in [1.165, 1.54) is 43.6 Å². The zero-order chi connectivity index (χ0) is 8.93. The van der Waals surface area contributed by atoms with Crippen LogP contribution in [0.5, 0.6) is 0 Å². The molecule has 4 nitrogen and oxygen atoms in total. The minimum atomic E-state index is 0.831. The van der Waals surface area contributed by atoms with Gasteiger partial charge in [0, 0.05) is 18.1 Å². The van der Waals surface area contributed by atoms with E-state index in [2.05, 4.69) is 20.1 Å². The van der Waals surface area contributed by atoms with Crippen LogP contribution < -0.4 is 5.32 Å². The summed E-state index contributed by atoms with van der Waals surface area (Å²) >= 11 is 1.33. The van der Waals surface area contributed by atoms with Crippen LogP contribution in [0.2, 0.25) is 0 Å². The summed E-state index contributed by atoms with van der Waals surface area (Å²) in [5, 5.41) is 11.5. The summed E-state index contributed by atoms with van der Waals surface area (Å²) in [4.78, 5) is 0. The Kier molecular flexibility index (Phi) is 3.07. The largest absolute Gasteiger partial charge is 0.359 e. The fourth-order valence-corrected chi connectivity index (χ4v) is 2.20. The molecule has 0 aromatic carbocycles. The molecule has 0 aliphatic heterocycles. The lowest BCUT2D eigenvalue weighted by Crippen LogP contribution is -2.16. The summed E-state index contributed by atoms with van der Waals surface area (Å²) < 4.78 is 3.70. The van der Waals surface area contributed by atoms with Gasteiger partial charge in [0.05, 0.1) is 0 Å². The van der Waals surface area contributed by atoms with Gasteiger partial charge < -0.3 is 5.32 Å². The maximum Gasteiger partial charge on any atom is 0.225 e. The number of aromatic nitrogens is 3. The van der Waals surface area contributed by atoms with Crippen LogP contribution >= 0.6 is 11.5 Å².